The number of rotatable bonds is 4. The first-order chi connectivity index (χ1) is 14.4. The Morgan fingerprint density at radius 2 is 1.10 bits per heavy atom. The van der Waals surface area contributed by atoms with E-state index in [-0.39, 0.29) is 0 Å². The molecule has 0 saturated heterocycles. The van der Waals surface area contributed by atoms with Gasteiger partial charge in [-0.1, -0.05) is 115 Å². The van der Waals surface area contributed by atoms with Gasteiger partial charge in [-0.05, 0) is 22.8 Å². The lowest BCUT2D eigenvalue weighted by molar-refractivity contribution is 1.52. The molecule has 1 heterocycles. The van der Waals surface area contributed by atoms with Crippen LogP contribution in [-0.4, -0.2) is 4.98 Å². The molecule has 0 atom stereocenters. The number of hydrogen-bond acceptors (Lipinski definition) is 0. The van der Waals surface area contributed by atoms with Gasteiger partial charge in [-0.25, -0.2) is 0 Å². The molecule has 0 aliphatic rings. The van der Waals surface area contributed by atoms with Crippen molar-refractivity contribution in [2.75, 3.05) is 0 Å². The summed E-state index contributed by atoms with van der Waals surface area (Å²) in [5.41, 5.74) is 7.13. The quantitative estimate of drug-likeness (QED) is 0.312. The number of benzene rings is 4. The molecule has 4 aromatic carbocycles. The van der Waals surface area contributed by atoms with Gasteiger partial charge in [0, 0.05) is 21.9 Å². The van der Waals surface area contributed by atoms with E-state index in [0.717, 1.165) is 0 Å². The fourth-order valence-electron chi connectivity index (χ4n) is 3.78. The zero-order chi connectivity index (χ0) is 19.5. The van der Waals surface area contributed by atoms with Gasteiger partial charge < -0.3 is 4.98 Å². The molecule has 5 rings (SSSR count). The Morgan fingerprint density at radius 3 is 1.83 bits per heavy atom. The number of fused-ring (bicyclic) bond motifs is 3. The third kappa shape index (κ3) is 3.51. The molecule has 0 bridgehead atoms. The Labute approximate surface area is 170 Å². The fraction of sp³-hybridized carbons (Fsp3) is 0. The molecule has 0 amide bonds. The van der Waals surface area contributed by atoms with Crippen LogP contribution in [0.15, 0.2) is 97.1 Å². The van der Waals surface area contributed by atoms with Crippen LogP contribution >= 0.6 is 0 Å². The smallest absolute Gasteiger partial charge is 0.0544 e. The second kappa shape index (κ2) is 7.65. The minimum absolute atomic E-state index is 1.17. The van der Waals surface area contributed by atoms with Crippen molar-refractivity contribution in [2.45, 2.75) is 0 Å². The Morgan fingerprint density at radius 1 is 0.483 bits per heavy atom. The molecular formula is C28H21N. The summed E-state index contributed by atoms with van der Waals surface area (Å²) in [6.45, 7) is 0. The lowest BCUT2D eigenvalue weighted by Crippen LogP contribution is -1.84. The first kappa shape index (κ1) is 17.3. The van der Waals surface area contributed by atoms with Crippen molar-refractivity contribution in [3.05, 3.63) is 119 Å². The van der Waals surface area contributed by atoms with Gasteiger partial charge in [0.25, 0.3) is 0 Å². The number of hydrogen-bond donors (Lipinski definition) is 1. The molecule has 0 unspecified atom stereocenters. The average molecular weight is 371 g/mol. The zero-order valence-electron chi connectivity index (χ0n) is 16.0. The van der Waals surface area contributed by atoms with Crippen LogP contribution in [0.4, 0.5) is 0 Å². The van der Waals surface area contributed by atoms with E-state index in [2.05, 4.69) is 114 Å². The predicted molar refractivity (Wildman–Crippen MR) is 127 cm³/mol. The van der Waals surface area contributed by atoms with Gasteiger partial charge in [-0.3, -0.25) is 0 Å². The summed E-state index contributed by atoms with van der Waals surface area (Å²) in [7, 11) is 0. The topological polar surface area (TPSA) is 15.8 Å². The number of nitrogens with one attached hydrogen (secondary N) is 1. The van der Waals surface area contributed by atoms with Crippen molar-refractivity contribution in [3.63, 3.8) is 0 Å². The number of para-hydroxylation sites is 1. The van der Waals surface area contributed by atoms with Crippen LogP contribution in [0.25, 0.3) is 46.1 Å². The van der Waals surface area contributed by atoms with Gasteiger partial charge in [0.2, 0.25) is 0 Å². The Kier molecular flexibility index (Phi) is 4.56. The van der Waals surface area contributed by atoms with E-state index in [0.29, 0.717) is 0 Å². The van der Waals surface area contributed by atoms with Crippen molar-refractivity contribution in [1.82, 2.24) is 4.98 Å². The van der Waals surface area contributed by atoms with Crippen LogP contribution in [-0.2, 0) is 0 Å². The number of H-pyrrole nitrogens is 1. The molecule has 138 valence electrons. The minimum atomic E-state index is 1.17. The summed E-state index contributed by atoms with van der Waals surface area (Å²) in [5.74, 6) is 0. The maximum atomic E-state index is 3.64. The molecule has 0 aliphatic carbocycles. The SMILES string of the molecule is C(=C\c1ccc2c([nH]c3ccccc32)c1/C=C/c1ccccc1)/c1ccccc1. The van der Waals surface area contributed by atoms with Crippen molar-refractivity contribution >= 4 is 46.1 Å². The van der Waals surface area contributed by atoms with Crippen LogP contribution in [0.1, 0.15) is 22.3 Å². The molecule has 5 aromatic rings. The van der Waals surface area contributed by atoms with Crippen molar-refractivity contribution in [2.24, 2.45) is 0 Å². The van der Waals surface area contributed by atoms with Crippen LogP contribution < -0.4 is 0 Å². The minimum Gasteiger partial charge on any atom is -0.354 e. The van der Waals surface area contributed by atoms with E-state index in [1.807, 2.05) is 12.1 Å². The maximum absolute atomic E-state index is 3.64. The van der Waals surface area contributed by atoms with E-state index < -0.39 is 0 Å². The van der Waals surface area contributed by atoms with Gasteiger partial charge in [0.05, 0.1) is 5.52 Å². The highest BCUT2D eigenvalue weighted by Gasteiger charge is 2.09. The van der Waals surface area contributed by atoms with E-state index >= 15 is 0 Å². The van der Waals surface area contributed by atoms with Crippen LogP contribution in [0, 0.1) is 0 Å². The van der Waals surface area contributed by atoms with E-state index in [4.69, 9.17) is 0 Å². The van der Waals surface area contributed by atoms with Gasteiger partial charge >= 0.3 is 0 Å². The summed E-state index contributed by atoms with van der Waals surface area (Å²) in [6, 6.07) is 33.8. The monoisotopic (exact) mass is 371 g/mol. The normalized spacial score (nSPS) is 11.9. The molecule has 0 fully saturated rings. The summed E-state index contributed by atoms with van der Waals surface area (Å²) < 4.78 is 0. The van der Waals surface area contributed by atoms with E-state index in [9.17, 15) is 0 Å². The first-order valence-corrected chi connectivity index (χ1v) is 9.88. The summed E-state index contributed by atoms with van der Waals surface area (Å²) in [6.07, 6.45) is 8.77. The molecule has 0 aliphatic heterocycles. The third-order valence-electron chi connectivity index (χ3n) is 5.25. The highest BCUT2D eigenvalue weighted by atomic mass is 14.7. The molecule has 1 aromatic heterocycles. The maximum Gasteiger partial charge on any atom is 0.0544 e. The third-order valence-corrected chi connectivity index (χ3v) is 5.25. The summed E-state index contributed by atoms with van der Waals surface area (Å²) in [5, 5.41) is 2.51. The largest absolute Gasteiger partial charge is 0.354 e. The summed E-state index contributed by atoms with van der Waals surface area (Å²) in [4.78, 5) is 3.64. The molecule has 0 saturated carbocycles. The fourth-order valence-corrected chi connectivity index (χ4v) is 3.78. The van der Waals surface area contributed by atoms with Crippen molar-refractivity contribution in [1.29, 1.82) is 0 Å². The molecular weight excluding hydrogens is 350 g/mol. The van der Waals surface area contributed by atoms with Crippen molar-refractivity contribution < 1.29 is 0 Å². The average Bonchev–Trinajstić information content (AvgIpc) is 3.17. The van der Waals surface area contributed by atoms with Crippen molar-refractivity contribution in [3.8, 4) is 0 Å². The van der Waals surface area contributed by atoms with E-state index in [1.54, 1.807) is 0 Å². The molecule has 1 N–H and O–H groups in total. The predicted octanol–water partition coefficient (Wildman–Crippen LogP) is 7.66. The second-order valence-electron chi connectivity index (χ2n) is 7.15. The molecule has 29 heavy (non-hydrogen) atoms. The summed E-state index contributed by atoms with van der Waals surface area (Å²) >= 11 is 0. The van der Waals surface area contributed by atoms with Gasteiger partial charge in [0.1, 0.15) is 0 Å². The molecule has 1 heteroatoms. The molecule has 1 nitrogen and oxygen atoms in total. The highest BCUT2D eigenvalue weighted by Crippen LogP contribution is 2.31. The lowest BCUT2D eigenvalue weighted by atomic mass is 10.0. The standard InChI is InChI=1S/C28H21N/c1-3-9-21(10-4-1)15-17-23-18-20-26-25-13-7-8-14-27(25)29-28(26)24(23)19-16-22-11-5-2-6-12-22/h1-20,29H/b17-15+,19-16+. The zero-order valence-corrected chi connectivity index (χ0v) is 16.0. The molecule has 0 spiro atoms. The second-order valence-corrected chi connectivity index (χ2v) is 7.15. The van der Waals surface area contributed by atoms with Crippen LogP contribution in [0.2, 0.25) is 0 Å². The first-order valence-electron chi connectivity index (χ1n) is 9.88. The van der Waals surface area contributed by atoms with Crippen LogP contribution in [0.5, 0.6) is 0 Å². The Bertz CT molecular complexity index is 1320. The van der Waals surface area contributed by atoms with Crippen LogP contribution in [0.3, 0.4) is 0 Å². The lowest BCUT2D eigenvalue weighted by Gasteiger charge is -2.05. The van der Waals surface area contributed by atoms with Gasteiger partial charge in [-0.2, -0.15) is 0 Å². The Balaban J connectivity index is 1.68. The molecule has 0 radical (unpaired) electrons. The van der Waals surface area contributed by atoms with Gasteiger partial charge in [0.15, 0.2) is 0 Å². The number of aromatic amines is 1. The highest BCUT2D eigenvalue weighted by molar-refractivity contribution is 6.11. The van der Waals surface area contributed by atoms with Gasteiger partial charge in [-0.15, -0.1) is 0 Å². The Hall–Kier alpha value is -3.84. The number of aromatic nitrogens is 1. The van der Waals surface area contributed by atoms with E-state index in [1.165, 1.54) is 44.1 Å².